The Kier molecular flexibility index (Phi) is 5.74. The first-order valence-corrected chi connectivity index (χ1v) is 9.16. The lowest BCUT2D eigenvalue weighted by Crippen LogP contribution is -2.46. The molecule has 1 fully saturated rings. The van der Waals surface area contributed by atoms with Crippen LogP contribution in [0.3, 0.4) is 0 Å². The third-order valence-electron chi connectivity index (χ3n) is 5.38. The fourth-order valence-corrected chi connectivity index (χ4v) is 3.94. The number of amides is 1. The van der Waals surface area contributed by atoms with Crippen LogP contribution in [0.25, 0.3) is 0 Å². The van der Waals surface area contributed by atoms with Crippen LogP contribution in [0.2, 0.25) is 0 Å². The Morgan fingerprint density at radius 3 is 2.67 bits per heavy atom. The second-order valence-electron chi connectivity index (χ2n) is 7.07. The predicted octanol–water partition coefficient (Wildman–Crippen LogP) is 1.76. The maximum Gasteiger partial charge on any atom is 0.233 e. The van der Waals surface area contributed by atoms with Crippen molar-refractivity contribution in [1.29, 1.82) is 0 Å². The summed E-state index contributed by atoms with van der Waals surface area (Å²) < 4.78 is 0. The zero-order chi connectivity index (χ0) is 16.9. The highest BCUT2D eigenvalue weighted by atomic mass is 16.1. The number of nitrogens with zero attached hydrogens (tertiary/aromatic N) is 2. The molecule has 0 bridgehead atoms. The van der Waals surface area contributed by atoms with Crippen LogP contribution < -0.4 is 15.5 Å². The van der Waals surface area contributed by atoms with Gasteiger partial charge in [0.05, 0.1) is 6.54 Å². The number of hydrogen-bond donors (Lipinski definition) is 2. The summed E-state index contributed by atoms with van der Waals surface area (Å²) in [5.41, 5.74) is 2.80. The van der Waals surface area contributed by atoms with E-state index in [1.54, 1.807) is 7.05 Å². The number of nitrogens with one attached hydrogen (secondary N) is 2. The minimum atomic E-state index is 0.113. The first-order chi connectivity index (χ1) is 11.7. The largest absolute Gasteiger partial charge is 0.374 e. The van der Waals surface area contributed by atoms with Crippen LogP contribution in [0, 0.1) is 0 Å². The van der Waals surface area contributed by atoms with Crippen molar-refractivity contribution in [2.24, 2.45) is 0 Å². The van der Waals surface area contributed by atoms with Gasteiger partial charge in [0.1, 0.15) is 0 Å². The Hall–Kier alpha value is -1.59. The first kappa shape index (κ1) is 17.2. The number of carbonyl (C=O) groups is 1. The average Bonchev–Trinajstić information content (AvgIpc) is 2.76. The second-order valence-corrected chi connectivity index (χ2v) is 7.07. The number of likely N-dealkylation sites (N-methyl/N-ethyl adjacent to an activating group) is 1. The third-order valence-corrected chi connectivity index (χ3v) is 5.38. The van der Waals surface area contributed by atoms with Crippen molar-refractivity contribution in [3.05, 3.63) is 29.8 Å². The summed E-state index contributed by atoms with van der Waals surface area (Å²) in [5, 5.41) is 6.62. The maximum absolute atomic E-state index is 11.5. The molecule has 0 radical (unpaired) electrons. The van der Waals surface area contributed by atoms with E-state index in [-0.39, 0.29) is 5.91 Å². The molecule has 2 aliphatic heterocycles. The number of rotatable bonds is 4. The van der Waals surface area contributed by atoms with Gasteiger partial charge in [0.25, 0.3) is 0 Å². The number of para-hydroxylation sites is 1. The van der Waals surface area contributed by atoms with Crippen LogP contribution in [0.4, 0.5) is 5.69 Å². The average molecular weight is 330 g/mol. The van der Waals surface area contributed by atoms with Gasteiger partial charge in [-0.2, -0.15) is 0 Å². The van der Waals surface area contributed by atoms with Crippen molar-refractivity contribution in [2.45, 2.75) is 37.8 Å². The Morgan fingerprint density at radius 2 is 1.92 bits per heavy atom. The number of likely N-dealkylation sites (tertiary alicyclic amines) is 1. The minimum Gasteiger partial charge on any atom is -0.374 e. The molecule has 1 saturated heterocycles. The standard InChI is InChI=1S/C19H30N4O/c1-20-19(24)14-23-12-9-15(10-13-23)21-17-7-5-11-22(2)18-8-4-3-6-16(17)18/h3-4,6,8,15,17,21H,5,7,9-14H2,1-2H3,(H,20,24). The summed E-state index contributed by atoms with van der Waals surface area (Å²) in [6.45, 7) is 3.65. The molecule has 2 heterocycles. The second kappa shape index (κ2) is 7.99. The molecule has 2 N–H and O–H groups in total. The molecule has 0 saturated carbocycles. The van der Waals surface area contributed by atoms with Crippen molar-refractivity contribution in [1.82, 2.24) is 15.5 Å². The molecule has 1 aromatic carbocycles. The van der Waals surface area contributed by atoms with Gasteiger partial charge in [0.15, 0.2) is 0 Å². The lowest BCUT2D eigenvalue weighted by atomic mass is 9.97. The number of hydrogen-bond acceptors (Lipinski definition) is 4. The van der Waals surface area contributed by atoms with Gasteiger partial charge in [-0.05, 0) is 37.3 Å². The van der Waals surface area contributed by atoms with E-state index in [1.165, 1.54) is 24.1 Å². The number of anilines is 1. The summed E-state index contributed by atoms with van der Waals surface area (Å²) in [6.07, 6.45) is 4.65. The van der Waals surface area contributed by atoms with E-state index < -0.39 is 0 Å². The van der Waals surface area contributed by atoms with E-state index in [4.69, 9.17) is 0 Å². The third kappa shape index (κ3) is 4.08. The fourth-order valence-electron chi connectivity index (χ4n) is 3.94. The molecule has 1 amide bonds. The zero-order valence-corrected chi connectivity index (χ0v) is 14.9. The topological polar surface area (TPSA) is 47.6 Å². The Morgan fingerprint density at radius 1 is 1.17 bits per heavy atom. The summed E-state index contributed by atoms with van der Waals surface area (Å²) in [6, 6.07) is 9.79. The van der Waals surface area contributed by atoms with Gasteiger partial charge >= 0.3 is 0 Å². The molecule has 132 valence electrons. The van der Waals surface area contributed by atoms with Crippen LogP contribution in [-0.4, -0.2) is 57.1 Å². The molecule has 24 heavy (non-hydrogen) atoms. The predicted molar refractivity (Wildman–Crippen MR) is 98.4 cm³/mol. The van der Waals surface area contributed by atoms with Crippen LogP contribution in [-0.2, 0) is 4.79 Å². The maximum atomic E-state index is 11.5. The Balaban J connectivity index is 1.59. The number of piperidine rings is 1. The molecular formula is C19H30N4O. The molecular weight excluding hydrogens is 300 g/mol. The highest BCUT2D eigenvalue weighted by molar-refractivity contribution is 5.77. The molecule has 3 rings (SSSR count). The molecule has 5 heteroatoms. The molecule has 1 aromatic rings. The normalized spacial score (nSPS) is 22.8. The van der Waals surface area contributed by atoms with Crippen molar-refractivity contribution in [3.63, 3.8) is 0 Å². The van der Waals surface area contributed by atoms with E-state index in [0.717, 1.165) is 32.5 Å². The van der Waals surface area contributed by atoms with Gasteiger partial charge in [0.2, 0.25) is 5.91 Å². The quantitative estimate of drug-likeness (QED) is 0.883. The minimum absolute atomic E-state index is 0.113. The summed E-state index contributed by atoms with van der Waals surface area (Å²) in [7, 11) is 3.90. The number of benzene rings is 1. The van der Waals surface area contributed by atoms with Crippen LogP contribution in [0.1, 0.15) is 37.3 Å². The zero-order valence-electron chi connectivity index (χ0n) is 14.9. The summed E-state index contributed by atoms with van der Waals surface area (Å²) in [5.74, 6) is 0.113. The van der Waals surface area contributed by atoms with Crippen LogP contribution >= 0.6 is 0 Å². The van der Waals surface area contributed by atoms with Crippen molar-refractivity contribution in [2.75, 3.05) is 45.2 Å². The molecule has 5 nitrogen and oxygen atoms in total. The van der Waals surface area contributed by atoms with Crippen molar-refractivity contribution in [3.8, 4) is 0 Å². The van der Waals surface area contributed by atoms with Crippen molar-refractivity contribution >= 4 is 11.6 Å². The summed E-state index contributed by atoms with van der Waals surface area (Å²) in [4.78, 5) is 16.1. The number of carbonyl (C=O) groups excluding carboxylic acids is 1. The van der Waals surface area contributed by atoms with Gasteiger partial charge in [0, 0.05) is 51.5 Å². The van der Waals surface area contributed by atoms with Gasteiger partial charge < -0.3 is 15.5 Å². The SMILES string of the molecule is CNC(=O)CN1CCC(NC2CCCN(C)c3ccccc32)CC1. The van der Waals surface area contributed by atoms with E-state index in [1.807, 2.05) is 0 Å². The van der Waals surface area contributed by atoms with Gasteiger partial charge in [-0.15, -0.1) is 0 Å². The van der Waals surface area contributed by atoms with Crippen LogP contribution in [0.5, 0.6) is 0 Å². The fraction of sp³-hybridized carbons (Fsp3) is 0.632. The van der Waals surface area contributed by atoms with Crippen LogP contribution in [0.15, 0.2) is 24.3 Å². The Labute approximate surface area is 145 Å². The van der Waals surface area contributed by atoms with E-state index in [9.17, 15) is 4.79 Å². The first-order valence-electron chi connectivity index (χ1n) is 9.16. The molecule has 2 aliphatic rings. The van der Waals surface area contributed by atoms with Gasteiger partial charge in [-0.25, -0.2) is 0 Å². The van der Waals surface area contributed by atoms with Gasteiger partial charge in [-0.1, -0.05) is 18.2 Å². The summed E-state index contributed by atoms with van der Waals surface area (Å²) >= 11 is 0. The monoisotopic (exact) mass is 330 g/mol. The van der Waals surface area contributed by atoms with Crippen molar-refractivity contribution < 1.29 is 4.79 Å². The van der Waals surface area contributed by atoms with E-state index in [0.29, 0.717) is 18.6 Å². The van der Waals surface area contributed by atoms with E-state index in [2.05, 4.69) is 51.7 Å². The highest BCUT2D eigenvalue weighted by Gasteiger charge is 2.26. The molecule has 1 unspecified atom stereocenters. The molecule has 1 atom stereocenters. The molecule has 0 spiro atoms. The molecule has 0 aliphatic carbocycles. The lowest BCUT2D eigenvalue weighted by Gasteiger charge is -2.34. The highest BCUT2D eigenvalue weighted by Crippen LogP contribution is 2.32. The molecule has 0 aromatic heterocycles. The van der Waals surface area contributed by atoms with E-state index >= 15 is 0 Å². The smallest absolute Gasteiger partial charge is 0.233 e. The number of fused-ring (bicyclic) bond motifs is 1. The Bertz CT molecular complexity index is 554. The van der Waals surface area contributed by atoms with Gasteiger partial charge in [-0.3, -0.25) is 9.69 Å². The lowest BCUT2D eigenvalue weighted by molar-refractivity contribution is -0.122.